The third-order valence-corrected chi connectivity index (χ3v) is 3.93. The van der Waals surface area contributed by atoms with E-state index < -0.39 is 0 Å². The van der Waals surface area contributed by atoms with Crippen molar-refractivity contribution in [3.05, 3.63) is 27.2 Å². The summed E-state index contributed by atoms with van der Waals surface area (Å²) < 4.78 is 2.67. The zero-order valence-electron chi connectivity index (χ0n) is 11.1. The van der Waals surface area contributed by atoms with Gasteiger partial charge in [-0.05, 0) is 35.0 Å². The van der Waals surface area contributed by atoms with Crippen molar-refractivity contribution in [2.24, 2.45) is 5.92 Å². The molecule has 0 atom stereocenters. The van der Waals surface area contributed by atoms with Crippen LogP contribution < -0.4 is 5.32 Å². The number of rotatable bonds is 7. The third kappa shape index (κ3) is 4.56. The van der Waals surface area contributed by atoms with Gasteiger partial charge in [0.25, 0.3) is 0 Å². The molecular weight excluding hydrogens is 282 g/mol. The van der Waals surface area contributed by atoms with Crippen molar-refractivity contribution in [3.63, 3.8) is 0 Å². The quantitative estimate of drug-likeness (QED) is 0.853. The Balaban J connectivity index is 1.85. The number of tetrazole rings is 1. The van der Waals surface area contributed by atoms with Gasteiger partial charge in [-0.3, -0.25) is 0 Å². The van der Waals surface area contributed by atoms with Crippen molar-refractivity contribution >= 4 is 22.9 Å². The van der Waals surface area contributed by atoms with Crippen LogP contribution in [-0.2, 0) is 19.5 Å². The second-order valence-corrected chi connectivity index (χ2v) is 6.60. The minimum atomic E-state index is 0.623. The molecule has 0 spiro atoms. The van der Waals surface area contributed by atoms with Gasteiger partial charge in [0.15, 0.2) is 5.82 Å². The molecule has 2 aromatic heterocycles. The zero-order chi connectivity index (χ0) is 13.7. The van der Waals surface area contributed by atoms with E-state index in [9.17, 15) is 0 Å². The highest BCUT2D eigenvalue weighted by Gasteiger charge is 2.07. The molecule has 104 valence electrons. The average molecular weight is 300 g/mol. The molecule has 0 amide bonds. The maximum absolute atomic E-state index is 5.91. The summed E-state index contributed by atoms with van der Waals surface area (Å²) in [6.45, 7) is 6.80. The van der Waals surface area contributed by atoms with Crippen LogP contribution in [0.15, 0.2) is 12.1 Å². The molecule has 1 N–H and O–H groups in total. The van der Waals surface area contributed by atoms with E-state index in [-0.39, 0.29) is 0 Å². The van der Waals surface area contributed by atoms with Crippen molar-refractivity contribution < 1.29 is 0 Å². The lowest BCUT2D eigenvalue weighted by Gasteiger charge is -2.07. The standard InChI is InChI=1S/C12H18ClN5S/c1-9(2)7-14-8-12-15-16-17-18(12)6-5-10-3-4-11(13)19-10/h3-4,9,14H,5-8H2,1-2H3. The lowest BCUT2D eigenvalue weighted by Crippen LogP contribution is -2.22. The van der Waals surface area contributed by atoms with E-state index in [1.54, 1.807) is 11.3 Å². The van der Waals surface area contributed by atoms with Crippen LogP contribution in [0.1, 0.15) is 24.5 Å². The smallest absolute Gasteiger partial charge is 0.165 e. The number of nitrogens with zero attached hydrogens (tertiary/aromatic N) is 4. The molecule has 0 aliphatic heterocycles. The van der Waals surface area contributed by atoms with Crippen LogP contribution in [0.5, 0.6) is 0 Å². The molecule has 0 unspecified atom stereocenters. The van der Waals surface area contributed by atoms with E-state index >= 15 is 0 Å². The number of hydrogen-bond donors (Lipinski definition) is 1. The van der Waals surface area contributed by atoms with Gasteiger partial charge >= 0.3 is 0 Å². The summed E-state index contributed by atoms with van der Waals surface area (Å²) in [5.74, 6) is 1.50. The van der Waals surface area contributed by atoms with Gasteiger partial charge in [-0.2, -0.15) is 0 Å². The first-order chi connectivity index (χ1) is 9.15. The molecule has 0 aromatic carbocycles. The number of aromatic nitrogens is 4. The normalized spacial score (nSPS) is 11.4. The number of thiophene rings is 1. The van der Waals surface area contributed by atoms with Gasteiger partial charge in [-0.15, -0.1) is 16.4 Å². The number of nitrogens with one attached hydrogen (secondary N) is 1. The van der Waals surface area contributed by atoms with Gasteiger partial charge in [0.2, 0.25) is 0 Å². The maximum Gasteiger partial charge on any atom is 0.165 e. The minimum Gasteiger partial charge on any atom is -0.310 e. The molecule has 0 saturated heterocycles. The van der Waals surface area contributed by atoms with Crippen LogP contribution in [0, 0.1) is 5.92 Å². The van der Waals surface area contributed by atoms with Crippen molar-refractivity contribution in [2.75, 3.05) is 6.54 Å². The van der Waals surface area contributed by atoms with Crippen molar-refractivity contribution in [1.82, 2.24) is 25.5 Å². The fourth-order valence-corrected chi connectivity index (χ4v) is 2.77. The number of halogens is 1. The summed E-state index contributed by atoms with van der Waals surface area (Å²) >= 11 is 7.52. The summed E-state index contributed by atoms with van der Waals surface area (Å²) in [6, 6.07) is 3.97. The molecule has 5 nitrogen and oxygen atoms in total. The second-order valence-electron chi connectivity index (χ2n) is 4.80. The highest BCUT2D eigenvalue weighted by atomic mass is 35.5. The van der Waals surface area contributed by atoms with E-state index in [0.717, 1.165) is 29.7 Å². The Labute approximate surface area is 122 Å². The van der Waals surface area contributed by atoms with Gasteiger partial charge in [0.05, 0.1) is 10.9 Å². The van der Waals surface area contributed by atoms with Gasteiger partial charge < -0.3 is 5.32 Å². The summed E-state index contributed by atoms with van der Waals surface area (Å²) in [5.41, 5.74) is 0. The van der Waals surface area contributed by atoms with Crippen LogP contribution in [-0.4, -0.2) is 26.8 Å². The van der Waals surface area contributed by atoms with E-state index in [1.165, 1.54) is 4.88 Å². The second kappa shape index (κ2) is 6.98. The average Bonchev–Trinajstić information content (AvgIpc) is 2.95. The van der Waals surface area contributed by atoms with Gasteiger partial charge in [0.1, 0.15) is 0 Å². The van der Waals surface area contributed by atoms with Gasteiger partial charge in [-0.25, -0.2) is 4.68 Å². The first-order valence-electron chi connectivity index (χ1n) is 6.35. The Kier molecular flexibility index (Phi) is 5.30. The minimum absolute atomic E-state index is 0.623. The van der Waals surface area contributed by atoms with E-state index in [0.29, 0.717) is 12.5 Å². The first-order valence-corrected chi connectivity index (χ1v) is 7.54. The summed E-state index contributed by atoms with van der Waals surface area (Å²) in [6.07, 6.45) is 0.902. The van der Waals surface area contributed by atoms with E-state index in [2.05, 4.69) is 34.7 Å². The Morgan fingerprint density at radius 3 is 2.95 bits per heavy atom. The van der Waals surface area contributed by atoms with Gasteiger partial charge in [-0.1, -0.05) is 25.4 Å². The molecule has 2 rings (SSSR count). The van der Waals surface area contributed by atoms with Crippen molar-refractivity contribution in [1.29, 1.82) is 0 Å². The Bertz CT molecular complexity index is 508. The first kappa shape index (κ1) is 14.4. The Hall–Kier alpha value is -0.980. The summed E-state index contributed by atoms with van der Waals surface area (Å²) in [7, 11) is 0. The number of hydrogen-bond acceptors (Lipinski definition) is 5. The lowest BCUT2D eigenvalue weighted by molar-refractivity contribution is 0.510. The fourth-order valence-electron chi connectivity index (χ4n) is 1.70. The molecule has 0 aliphatic rings. The topological polar surface area (TPSA) is 55.6 Å². The monoisotopic (exact) mass is 299 g/mol. The van der Waals surface area contributed by atoms with Crippen LogP contribution in [0.25, 0.3) is 0 Å². The molecule has 7 heteroatoms. The SMILES string of the molecule is CC(C)CNCc1nnnn1CCc1ccc(Cl)s1. The maximum atomic E-state index is 5.91. The predicted molar refractivity (Wildman–Crippen MR) is 77.4 cm³/mol. The molecule has 2 aromatic rings. The largest absolute Gasteiger partial charge is 0.310 e. The predicted octanol–water partition coefficient (Wildman–Crippen LogP) is 2.38. The number of aryl methyl sites for hydroxylation is 2. The lowest BCUT2D eigenvalue weighted by atomic mass is 10.2. The van der Waals surface area contributed by atoms with E-state index in [1.807, 2.05) is 16.8 Å². The highest BCUT2D eigenvalue weighted by Crippen LogP contribution is 2.21. The highest BCUT2D eigenvalue weighted by molar-refractivity contribution is 7.16. The molecule has 19 heavy (non-hydrogen) atoms. The molecule has 0 aliphatic carbocycles. The van der Waals surface area contributed by atoms with E-state index in [4.69, 9.17) is 11.6 Å². The van der Waals surface area contributed by atoms with Gasteiger partial charge in [0, 0.05) is 17.8 Å². The fraction of sp³-hybridized carbons (Fsp3) is 0.583. The summed E-state index contributed by atoms with van der Waals surface area (Å²) in [5, 5.41) is 15.2. The van der Waals surface area contributed by atoms with Crippen molar-refractivity contribution in [2.45, 2.75) is 33.4 Å². The molecule has 2 heterocycles. The Morgan fingerprint density at radius 2 is 2.26 bits per heavy atom. The molecule has 0 bridgehead atoms. The molecule has 0 saturated carbocycles. The van der Waals surface area contributed by atoms with Crippen LogP contribution in [0.4, 0.5) is 0 Å². The Morgan fingerprint density at radius 1 is 1.42 bits per heavy atom. The summed E-state index contributed by atoms with van der Waals surface area (Å²) in [4.78, 5) is 1.25. The van der Waals surface area contributed by atoms with Crippen LogP contribution in [0.2, 0.25) is 4.34 Å². The molecular formula is C12H18ClN5S. The zero-order valence-corrected chi connectivity index (χ0v) is 12.7. The van der Waals surface area contributed by atoms with Crippen LogP contribution >= 0.6 is 22.9 Å². The third-order valence-electron chi connectivity index (χ3n) is 2.64. The molecule has 0 fully saturated rings. The molecule has 0 radical (unpaired) electrons. The van der Waals surface area contributed by atoms with Crippen molar-refractivity contribution in [3.8, 4) is 0 Å². The van der Waals surface area contributed by atoms with Crippen LogP contribution in [0.3, 0.4) is 0 Å².